The lowest BCUT2D eigenvalue weighted by molar-refractivity contribution is -0.153. The summed E-state index contributed by atoms with van der Waals surface area (Å²) in [7, 11) is 0. The van der Waals surface area contributed by atoms with Crippen LogP contribution in [-0.2, 0) is 15.7 Å². The van der Waals surface area contributed by atoms with Crippen LogP contribution in [0.2, 0.25) is 0 Å². The van der Waals surface area contributed by atoms with E-state index < -0.39 is 58.7 Å². The largest absolute Gasteiger partial charge is 0.506 e. The number of carbonyl (C=O) groups is 2. The molecule has 0 radical (unpaired) electrons. The Hall–Kier alpha value is -3.47. The molecule has 1 atom stereocenters. The Morgan fingerprint density at radius 1 is 1.14 bits per heavy atom. The van der Waals surface area contributed by atoms with Gasteiger partial charge in [-0.15, -0.1) is 11.8 Å². The minimum absolute atomic E-state index is 0.235. The topological polar surface area (TPSA) is 97.6 Å². The Balaban J connectivity index is 1.79. The normalized spacial score (nSPS) is 15.6. The number of halogens is 3. The van der Waals surface area contributed by atoms with Crippen LogP contribution in [0.15, 0.2) is 52.2 Å². The molecule has 1 amide bonds. The summed E-state index contributed by atoms with van der Waals surface area (Å²) in [5, 5.41) is 13.4. The number of esters is 1. The first kappa shape index (κ1) is 25.6. The van der Waals surface area contributed by atoms with Crippen LogP contribution in [0, 0.1) is 0 Å². The molecule has 0 saturated heterocycles. The van der Waals surface area contributed by atoms with Gasteiger partial charge in [-0.1, -0.05) is 18.2 Å². The number of nitrogens with zero attached hydrogens (tertiary/aromatic N) is 1. The predicted molar refractivity (Wildman–Crippen MR) is 128 cm³/mol. The number of nitrogens with one attached hydrogen (secondary N) is 1. The summed E-state index contributed by atoms with van der Waals surface area (Å²) >= 11 is 1.39. The van der Waals surface area contributed by atoms with Gasteiger partial charge in [0.1, 0.15) is 23.5 Å². The smallest absolute Gasteiger partial charge is 0.416 e. The SMILES string of the molecule is CC(C)(C)OC(=O)CNC(=O)c1c(O)c2cccc3c2n(c1=O)C(c1ccc(C(F)(F)F)cc1)CS3. The summed E-state index contributed by atoms with van der Waals surface area (Å²) in [5.74, 6) is -1.91. The van der Waals surface area contributed by atoms with E-state index in [1.165, 1.54) is 28.5 Å². The molecule has 1 unspecified atom stereocenters. The van der Waals surface area contributed by atoms with Crippen molar-refractivity contribution in [2.45, 2.75) is 43.5 Å². The molecule has 1 aliphatic rings. The lowest BCUT2D eigenvalue weighted by atomic mass is 10.0. The van der Waals surface area contributed by atoms with Crippen molar-refractivity contribution in [3.63, 3.8) is 0 Å². The van der Waals surface area contributed by atoms with E-state index in [1.54, 1.807) is 39.0 Å². The van der Waals surface area contributed by atoms with E-state index in [1.807, 2.05) is 0 Å². The first-order valence-electron chi connectivity index (χ1n) is 11.0. The molecule has 0 aliphatic carbocycles. The number of pyridine rings is 1. The van der Waals surface area contributed by atoms with E-state index in [0.717, 1.165) is 12.1 Å². The molecular formula is C25H23F3N2O5S. The average Bonchev–Trinajstić information content (AvgIpc) is 2.79. The van der Waals surface area contributed by atoms with Gasteiger partial charge in [-0.3, -0.25) is 19.0 Å². The van der Waals surface area contributed by atoms with E-state index >= 15 is 0 Å². The van der Waals surface area contributed by atoms with Crippen LogP contribution in [0.25, 0.3) is 10.9 Å². The molecule has 2 N–H and O–H groups in total. The number of ether oxygens (including phenoxy) is 1. The highest BCUT2D eigenvalue weighted by atomic mass is 32.2. The Morgan fingerprint density at radius 3 is 2.42 bits per heavy atom. The maximum absolute atomic E-state index is 13.6. The van der Waals surface area contributed by atoms with Gasteiger partial charge < -0.3 is 15.2 Å². The van der Waals surface area contributed by atoms with Crippen LogP contribution in [0.3, 0.4) is 0 Å². The van der Waals surface area contributed by atoms with Crippen molar-refractivity contribution >= 4 is 34.5 Å². The number of hydrogen-bond acceptors (Lipinski definition) is 6. The van der Waals surface area contributed by atoms with Gasteiger partial charge in [-0.05, 0) is 50.6 Å². The summed E-state index contributed by atoms with van der Waals surface area (Å²) in [4.78, 5) is 39.2. The fraction of sp³-hybridized carbons (Fsp3) is 0.320. The maximum atomic E-state index is 13.6. The lowest BCUT2D eigenvalue weighted by Gasteiger charge is -2.29. The van der Waals surface area contributed by atoms with Crippen LogP contribution in [0.4, 0.5) is 13.2 Å². The highest BCUT2D eigenvalue weighted by Gasteiger charge is 2.33. The van der Waals surface area contributed by atoms with Crippen molar-refractivity contribution in [1.29, 1.82) is 0 Å². The molecule has 7 nitrogen and oxygen atoms in total. The second kappa shape index (κ2) is 9.20. The third-order valence-electron chi connectivity index (χ3n) is 5.54. The number of benzene rings is 2. The molecule has 1 aliphatic heterocycles. The van der Waals surface area contributed by atoms with E-state index in [2.05, 4.69) is 5.32 Å². The molecular weight excluding hydrogens is 497 g/mol. The molecule has 2 heterocycles. The summed E-state index contributed by atoms with van der Waals surface area (Å²) in [6.07, 6.45) is -4.51. The third kappa shape index (κ3) is 4.92. The zero-order valence-corrected chi connectivity index (χ0v) is 20.4. The first-order valence-corrected chi connectivity index (χ1v) is 12.0. The quantitative estimate of drug-likeness (QED) is 0.492. The highest BCUT2D eigenvalue weighted by Crippen LogP contribution is 2.42. The van der Waals surface area contributed by atoms with Crippen molar-refractivity contribution < 1.29 is 32.6 Å². The van der Waals surface area contributed by atoms with Crippen LogP contribution in [0.5, 0.6) is 5.75 Å². The van der Waals surface area contributed by atoms with Crippen LogP contribution < -0.4 is 10.9 Å². The molecule has 0 bridgehead atoms. The zero-order valence-electron chi connectivity index (χ0n) is 19.6. The Bertz CT molecular complexity index is 1410. The molecule has 0 fully saturated rings. The van der Waals surface area contributed by atoms with Crippen molar-refractivity contribution in [2.24, 2.45) is 0 Å². The molecule has 3 aromatic rings. The van der Waals surface area contributed by atoms with Crippen molar-refractivity contribution in [3.8, 4) is 5.75 Å². The minimum Gasteiger partial charge on any atom is -0.506 e. The Morgan fingerprint density at radius 2 is 1.81 bits per heavy atom. The zero-order chi connectivity index (χ0) is 26.4. The van der Waals surface area contributed by atoms with Crippen molar-refractivity contribution in [2.75, 3.05) is 12.3 Å². The summed E-state index contributed by atoms with van der Waals surface area (Å²) < 4.78 is 45.6. The van der Waals surface area contributed by atoms with E-state index in [0.29, 0.717) is 21.7 Å². The van der Waals surface area contributed by atoms with Crippen LogP contribution in [0.1, 0.15) is 48.3 Å². The second-order valence-electron chi connectivity index (χ2n) is 9.27. The molecule has 36 heavy (non-hydrogen) atoms. The average molecular weight is 521 g/mol. The number of carbonyl (C=O) groups excluding carboxylic acids is 2. The molecule has 1 aromatic heterocycles. The van der Waals surface area contributed by atoms with Crippen molar-refractivity contribution in [3.05, 3.63) is 69.5 Å². The Labute approximate surface area is 208 Å². The fourth-order valence-electron chi connectivity index (χ4n) is 4.04. The molecule has 11 heteroatoms. The summed E-state index contributed by atoms with van der Waals surface area (Å²) in [6.45, 7) is 4.47. The van der Waals surface area contributed by atoms with E-state index in [9.17, 15) is 32.7 Å². The van der Waals surface area contributed by atoms with E-state index in [4.69, 9.17) is 4.74 Å². The van der Waals surface area contributed by atoms with Crippen LogP contribution >= 0.6 is 11.8 Å². The molecule has 4 rings (SSSR count). The monoisotopic (exact) mass is 520 g/mol. The van der Waals surface area contributed by atoms with Gasteiger partial charge in [0.05, 0.1) is 17.1 Å². The first-order chi connectivity index (χ1) is 16.8. The number of rotatable bonds is 4. The number of hydrogen-bond donors (Lipinski definition) is 2. The number of para-hydroxylation sites is 1. The molecule has 0 spiro atoms. The second-order valence-corrected chi connectivity index (χ2v) is 10.3. The summed E-state index contributed by atoms with van der Waals surface area (Å²) in [6, 6.07) is 8.76. The fourth-order valence-corrected chi connectivity index (χ4v) is 5.24. The lowest BCUT2D eigenvalue weighted by Crippen LogP contribution is -2.39. The van der Waals surface area contributed by atoms with Gasteiger partial charge in [0.2, 0.25) is 0 Å². The molecule has 2 aromatic carbocycles. The third-order valence-corrected chi connectivity index (χ3v) is 6.66. The van der Waals surface area contributed by atoms with Gasteiger partial charge in [0, 0.05) is 16.0 Å². The minimum atomic E-state index is -4.51. The number of alkyl halides is 3. The maximum Gasteiger partial charge on any atom is 0.416 e. The van der Waals surface area contributed by atoms with Gasteiger partial charge in [0.25, 0.3) is 11.5 Å². The van der Waals surface area contributed by atoms with Gasteiger partial charge in [-0.25, -0.2) is 0 Å². The summed E-state index contributed by atoms with van der Waals surface area (Å²) in [5.41, 5.74) is -2.16. The molecule has 0 saturated carbocycles. The Kier molecular flexibility index (Phi) is 6.54. The van der Waals surface area contributed by atoms with Gasteiger partial charge in [-0.2, -0.15) is 13.2 Å². The number of amides is 1. The molecule has 190 valence electrons. The number of thioether (sulfide) groups is 1. The van der Waals surface area contributed by atoms with Gasteiger partial charge in [0.15, 0.2) is 0 Å². The highest BCUT2D eigenvalue weighted by molar-refractivity contribution is 7.99. The predicted octanol–water partition coefficient (Wildman–Crippen LogP) is 4.49. The van der Waals surface area contributed by atoms with Crippen molar-refractivity contribution in [1.82, 2.24) is 9.88 Å². The number of aromatic hydroxyl groups is 1. The van der Waals surface area contributed by atoms with E-state index in [-0.39, 0.29) is 5.39 Å². The van der Waals surface area contributed by atoms with Crippen LogP contribution in [-0.4, -0.2) is 39.4 Å². The van der Waals surface area contributed by atoms with Gasteiger partial charge >= 0.3 is 12.1 Å². The standard InChI is InChI=1S/C25H23F3N2O5S/c1-24(2,3)35-18(31)11-29-22(33)19-21(32)15-5-4-6-17-20(15)30(23(19)34)16(12-36-17)13-7-9-14(10-8-13)25(26,27)28/h4-10,16,32H,11-12H2,1-3H3,(H,29,33). The number of aromatic nitrogens is 1.